The molecule has 0 amide bonds. The molecule has 0 aliphatic carbocycles. The molecule has 0 bridgehead atoms. The van der Waals surface area contributed by atoms with Gasteiger partial charge in [-0.15, -0.1) is 0 Å². The van der Waals surface area contributed by atoms with E-state index in [9.17, 15) is 8.78 Å². The van der Waals surface area contributed by atoms with Crippen LogP contribution in [0, 0.1) is 28.4 Å². The number of methoxy groups -OCH3 is 1. The number of hydrazone groups is 1. The monoisotopic (exact) mass is 331 g/mol. The Morgan fingerprint density at radius 1 is 1.58 bits per heavy atom. The lowest BCUT2D eigenvalue weighted by molar-refractivity contribution is 0.373. The van der Waals surface area contributed by atoms with Gasteiger partial charge in [0.05, 0.1) is 11.6 Å². The molecule has 0 aliphatic heterocycles. The molecular weight excluding hydrogens is 324 g/mol. The van der Waals surface area contributed by atoms with Gasteiger partial charge in [-0.25, -0.2) is 4.39 Å². The van der Waals surface area contributed by atoms with Crippen LogP contribution in [-0.4, -0.2) is 18.7 Å². The predicted octanol–water partition coefficient (Wildman–Crippen LogP) is 1.96. The van der Waals surface area contributed by atoms with Crippen LogP contribution >= 0.6 is 15.9 Å². The Morgan fingerprint density at radius 2 is 2.21 bits per heavy atom. The summed E-state index contributed by atoms with van der Waals surface area (Å²) < 4.78 is 31.4. The second-order valence-corrected chi connectivity index (χ2v) is 4.02. The number of nitrogens with one attached hydrogen (secondary N) is 2. The van der Waals surface area contributed by atoms with Crippen LogP contribution in [0.15, 0.2) is 15.6 Å². The van der Waals surface area contributed by atoms with Crippen molar-refractivity contribution in [3.8, 4) is 11.8 Å². The lowest BCUT2D eigenvalue weighted by atomic mass is 10.2. The molecule has 0 aliphatic rings. The van der Waals surface area contributed by atoms with Crippen LogP contribution in [0.5, 0.6) is 5.75 Å². The maximum absolute atomic E-state index is 13.5. The maximum atomic E-state index is 13.5. The molecule has 0 saturated carbocycles. The van der Waals surface area contributed by atoms with Crippen molar-refractivity contribution >= 4 is 33.2 Å². The molecule has 19 heavy (non-hydrogen) atoms. The normalized spacial score (nSPS) is 10.8. The van der Waals surface area contributed by atoms with Gasteiger partial charge in [-0.05, 0) is 22.0 Å². The first-order valence-corrected chi connectivity index (χ1v) is 5.51. The van der Waals surface area contributed by atoms with Crippen LogP contribution in [-0.2, 0) is 0 Å². The Bertz CT molecular complexity index is 597. The summed E-state index contributed by atoms with van der Waals surface area (Å²) in [6.45, 7) is 0. The number of nitrogens with two attached hydrogens (primary N) is 1. The van der Waals surface area contributed by atoms with Crippen molar-refractivity contribution in [1.29, 1.82) is 10.7 Å². The van der Waals surface area contributed by atoms with E-state index >= 15 is 0 Å². The van der Waals surface area contributed by atoms with E-state index in [0.717, 1.165) is 7.11 Å². The third kappa shape index (κ3) is 3.17. The molecule has 100 valence electrons. The summed E-state index contributed by atoms with van der Waals surface area (Å²) in [4.78, 5) is 0. The summed E-state index contributed by atoms with van der Waals surface area (Å²) in [5.74, 6) is -3.30. The van der Waals surface area contributed by atoms with Crippen molar-refractivity contribution in [1.82, 2.24) is 0 Å². The summed E-state index contributed by atoms with van der Waals surface area (Å²) >= 11 is 2.82. The number of anilines is 1. The smallest absolute Gasteiger partial charge is 0.204 e. The topological polar surface area (TPSA) is 107 Å². The molecule has 1 rings (SSSR count). The Kier molecular flexibility index (Phi) is 4.77. The average molecular weight is 332 g/mol. The van der Waals surface area contributed by atoms with Crippen LogP contribution in [0.4, 0.5) is 14.5 Å². The van der Waals surface area contributed by atoms with Gasteiger partial charge in [-0.3, -0.25) is 10.8 Å². The van der Waals surface area contributed by atoms with Crippen molar-refractivity contribution < 1.29 is 13.5 Å². The highest BCUT2D eigenvalue weighted by molar-refractivity contribution is 9.10. The van der Waals surface area contributed by atoms with Gasteiger partial charge in [0.25, 0.3) is 0 Å². The van der Waals surface area contributed by atoms with Crippen molar-refractivity contribution in [3.05, 3.63) is 22.2 Å². The lowest BCUT2D eigenvalue weighted by Gasteiger charge is -2.10. The lowest BCUT2D eigenvalue weighted by Crippen LogP contribution is -2.22. The number of hydrogen-bond donors (Lipinski definition) is 3. The summed E-state index contributed by atoms with van der Waals surface area (Å²) in [5.41, 5.74) is 6.94. The van der Waals surface area contributed by atoms with E-state index in [1.165, 1.54) is 6.07 Å². The van der Waals surface area contributed by atoms with Crippen LogP contribution < -0.4 is 15.9 Å². The Morgan fingerprint density at radius 3 is 2.68 bits per heavy atom. The molecule has 4 N–H and O–H groups in total. The second-order valence-electron chi connectivity index (χ2n) is 3.16. The molecule has 0 fully saturated rings. The molecule has 0 radical (unpaired) electrons. The fraction of sp³-hybridized carbons (Fsp3) is 0.100. The van der Waals surface area contributed by atoms with Crippen LogP contribution in [0.1, 0.15) is 0 Å². The van der Waals surface area contributed by atoms with Gasteiger partial charge in [0, 0.05) is 0 Å². The quantitative estimate of drug-likeness (QED) is 0.339. The Hall–Kier alpha value is -2.21. The standard InChI is InChI=1S/C10H8BrF2N5O/c1-19-9-5(2-4(11)7(12)8(9)13)17-18-6(3-14)10(15)16/h2,17H,1H3,(H3,15,16)/b18-6+. The van der Waals surface area contributed by atoms with Gasteiger partial charge in [-0.2, -0.15) is 14.8 Å². The highest BCUT2D eigenvalue weighted by Crippen LogP contribution is 2.34. The molecule has 0 aromatic heterocycles. The highest BCUT2D eigenvalue weighted by atomic mass is 79.9. The molecule has 1 aromatic rings. The molecule has 0 heterocycles. The second kappa shape index (κ2) is 6.10. The zero-order valence-corrected chi connectivity index (χ0v) is 11.2. The van der Waals surface area contributed by atoms with Gasteiger partial charge >= 0.3 is 0 Å². The largest absolute Gasteiger partial charge is 0.491 e. The molecule has 0 saturated heterocycles. The zero-order valence-electron chi connectivity index (χ0n) is 9.59. The molecule has 9 heteroatoms. The summed E-state index contributed by atoms with van der Waals surface area (Å²) in [7, 11) is 1.15. The summed E-state index contributed by atoms with van der Waals surface area (Å²) in [5, 5.41) is 19.2. The molecule has 0 spiro atoms. The van der Waals surface area contributed by atoms with Crippen LogP contribution in [0.25, 0.3) is 0 Å². The number of ether oxygens (including phenoxy) is 1. The number of halogens is 3. The van der Waals surface area contributed by atoms with Crippen molar-refractivity contribution in [3.63, 3.8) is 0 Å². The Labute approximate surface area is 115 Å². The van der Waals surface area contributed by atoms with Crippen molar-refractivity contribution in [2.45, 2.75) is 0 Å². The fourth-order valence-corrected chi connectivity index (χ4v) is 1.53. The molecule has 0 atom stereocenters. The van der Waals surface area contributed by atoms with Crippen LogP contribution in [0.2, 0.25) is 0 Å². The molecule has 6 nitrogen and oxygen atoms in total. The highest BCUT2D eigenvalue weighted by Gasteiger charge is 2.18. The molecular formula is C10H8BrF2N5O. The first kappa shape index (κ1) is 14.8. The minimum absolute atomic E-state index is 0.0257. The average Bonchev–Trinajstić information content (AvgIpc) is 2.36. The summed E-state index contributed by atoms with van der Waals surface area (Å²) in [6.07, 6.45) is 0. The first-order valence-electron chi connectivity index (χ1n) is 4.72. The molecule has 1 aromatic carbocycles. The van der Waals surface area contributed by atoms with Gasteiger partial charge in [-0.1, -0.05) is 0 Å². The Balaban J connectivity index is 3.23. The minimum Gasteiger partial charge on any atom is -0.491 e. The van der Waals surface area contributed by atoms with Crippen LogP contribution in [0.3, 0.4) is 0 Å². The number of nitriles is 1. The van der Waals surface area contributed by atoms with Gasteiger partial charge < -0.3 is 10.5 Å². The number of amidine groups is 1. The van der Waals surface area contributed by atoms with Gasteiger partial charge in [0.15, 0.2) is 17.4 Å². The van der Waals surface area contributed by atoms with E-state index in [-0.39, 0.29) is 10.2 Å². The van der Waals surface area contributed by atoms with Gasteiger partial charge in [0.1, 0.15) is 11.8 Å². The van der Waals surface area contributed by atoms with E-state index < -0.39 is 28.9 Å². The fourth-order valence-electron chi connectivity index (χ4n) is 1.12. The third-order valence-corrected chi connectivity index (χ3v) is 2.55. The minimum atomic E-state index is -1.21. The SMILES string of the molecule is COc1c(N/N=C(\C#N)C(=N)N)cc(Br)c(F)c1F. The first-order chi connectivity index (χ1) is 8.92. The molecule has 0 unspecified atom stereocenters. The number of hydrogen-bond acceptors (Lipinski definition) is 5. The van der Waals surface area contributed by atoms with E-state index in [4.69, 9.17) is 21.1 Å². The number of benzene rings is 1. The van der Waals surface area contributed by atoms with E-state index in [1.54, 1.807) is 6.07 Å². The summed E-state index contributed by atoms with van der Waals surface area (Å²) in [6, 6.07) is 2.74. The van der Waals surface area contributed by atoms with E-state index in [2.05, 4.69) is 26.5 Å². The third-order valence-electron chi connectivity index (χ3n) is 1.97. The van der Waals surface area contributed by atoms with Crippen molar-refractivity contribution in [2.75, 3.05) is 12.5 Å². The maximum Gasteiger partial charge on any atom is 0.204 e. The predicted molar refractivity (Wildman–Crippen MR) is 69.2 cm³/mol. The zero-order chi connectivity index (χ0) is 14.6. The number of nitrogens with zero attached hydrogens (tertiary/aromatic N) is 2. The van der Waals surface area contributed by atoms with E-state index in [1.807, 2.05) is 0 Å². The number of rotatable bonds is 4. The van der Waals surface area contributed by atoms with E-state index in [0.29, 0.717) is 0 Å². The van der Waals surface area contributed by atoms with Gasteiger partial charge in [0.2, 0.25) is 11.5 Å². The van der Waals surface area contributed by atoms with Crippen molar-refractivity contribution in [2.24, 2.45) is 10.8 Å².